The molecular formula is C21H28N2O5. The third-order valence-corrected chi connectivity index (χ3v) is 4.36. The summed E-state index contributed by atoms with van der Waals surface area (Å²) in [4.78, 5) is 30.3. The zero-order valence-corrected chi connectivity index (χ0v) is 16.8. The van der Waals surface area contributed by atoms with Gasteiger partial charge in [-0.15, -0.1) is 0 Å². The summed E-state index contributed by atoms with van der Waals surface area (Å²) in [6.07, 6.45) is 5.19. The fraction of sp³-hybridized carbons (Fsp3) is 0.476. The highest BCUT2D eigenvalue weighted by Gasteiger charge is 2.20. The predicted molar refractivity (Wildman–Crippen MR) is 104 cm³/mol. The maximum absolute atomic E-state index is 13.0. The minimum atomic E-state index is -0.574. The number of amides is 1. The summed E-state index contributed by atoms with van der Waals surface area (Å²) in [6.45, 7) is 3.35. The standard InChI is InChI=1S/C21H28N2O5/c1-4-5-7-16-8-10-17(11-9-16)20(24)23(12-6-13-26-2)14-19-22-18(15-28-19)21(25)27-3/h8-11,15H,4-7,12-14H2,1-3H3. The van der Waals surface area contributed by atoms with Crippen LogP contribution in [-0.4, -0.2) is 49.1 Å². The molecule has 0 saturated heterocycles. The Balaban J connectivity index is 2.11. The molecule has 1 amide bonds. The van der Waals surface area contributed by atoms with E-state index < -0.39 is 5.97 Å². The number of aromatic nitrogens is 1. The number of ether oxygens (including phenoxy) is 2. The quantitative estimate of drug-likeness (QED) is 0.433. The second kappa shape index (κ2) is 11.2. The Bertz CT molecular complexity index is 754. The van der Waals surface area contributed by atoms with Crippen LogP contribution in [0.5, 0.6) is 0 Å². The third-order valence-electron chi connectivity index (χ3n) is 4.36. The van der Waals surface area contributed by atoms with Crippen LogP contribution in [0, 0.1) is 0 Å². The van der Waals surface area contributed by atoms with Gasteiger partial charge in [0.2, 0.25) is 5.89 Å². The van der Waals surface area contributed by atoms with Gasteiger partial charge in [0.05, 0.1) is 13.7 Å². The number of hydrogen-bond donors (Lipinski definition) is 0. The van der Waals surface area contributed by atoms with Crippen LogP contribution < -0.4 is 0 Å². The van der Waals surface area contributed by atoms with Crippen LogP contribution in [0.2, 0.25) is 0 Å². The first kappa shape index (κ1) is 21.6. The first-order valence-electron chi connectivity index (χ1n) is 9.48. The molecule has 7 heteroatoms. The second-order valence-corrected chi connectivity index (χ2v) is 6.49. The molecule has 0 bridgehead atoms. The van der Waals surface area contributed by atoms with Gasteiger partial charge < -0.3 is 18.8 Å². The van der Waals surface area contributed by atoms with E-state index in [-0.39, 0.29) is 24.0 Å². The zero-order valence-electron chi connectivity index (χ0n) is 16.8. The van der Waals surface area contributed by atoms with Crippen LogP contribution in [0.3, 0.4) is 0 Å². The zero-order chi connectivity index (χ0) is 20.4. The average molecular weight is 388 g/mol. The van der Waals surface area contributed by atoms with Crippen LogP contribution in [0.15, 0.2) is 34.9 Å². The summed E-state index contributed by atoms with van der Waals surface area (Å²) in [5, 5.41) is 0. The largest absolute Gasteiger partial charge is 0.464 e. The smallest absolute Gasteiger partial charge is 0.360 e. The fourth-order valence-corrected chi connectivity index (χ4v) is 2.77. The molecule has 7 nitrogen and oxygen atoms in total. The summed E-state index contributed by atoms with van der Waals surface area (Å²) in [7, 11) is 2.90. The minimum absolute atomic E-state index is 0.0852. The van der Waals surface area contributed by atoms with Crippen molar-refractivity contribution in [3.05, 3.63) is 53.2 Å². The number of esters is 1. The Morgan fingerprint density at radius 3 is 2.54 bits per heavy atom. The number of carbonyl (C=O) groups is 2. The molecule has 0 spiro atoms. The van der Waals surface area contributed by atoms with Gasteiger partial charge in [-0.25, -0.2) is 9.78 Å². The van der Waals surface area contributed by atoms with Crippen LogP contribution in [-0.2, 0) is 22.4 Å². The summed E-state index contributed by atoms with van der Waals surface area (Å²) < 4.78 is 15.1. The molecule has 2 aromatic rings. The normalized spacial score (nSPS) is 10.7. The van der Waals surface area contributed by atoms with Crippen molar-refractivity contribution in [2.45, 2.75) is 39.2 Å². The lowest BCUT2D eigenvalue weighted by atomic mass is 10.1. The highest BCUT2D eigenvalue weighted by molar-refractivity contribution is 5.94. The number of methoxy groups -OCH3 is 2. The lowest BCUT2D eigenvalue weighted by Crippen LogP contribution is -2.32. The Morgan fingerprint density at radius 1 is 1.14 bits per heavy atom. The van der Waals surface area contributed by atoms with E-state index in [1.54, 1.807) is 12.0 Å². The Kier molecular flexibility index (Phi) is 8.68. The number of oxazole rings is 1. The molecule has 0 saturated carbocycles. The van der Waals surface area contributed by atoms with Crippen molar-refractivity contribution in [1.29, 1.82) is 0 Å². The van der Waals surface area contributed by atoms with Crippen LogP contribution in [0.25, 0.3) is 0 Å². The molecule has 0 fully saturated rings. The van der Waals surface area contributed by atoms with Crippen molar-refractivity contribution >= 4 is 11.9 Å². The Hall–Kier alpha value is -2.67. The molecule has 1 heterocycles. The minimum Gasteiger partial charge on any atom is -0.464 e. The first-order valence-corrected chi connectivity index (χ1v) is 9.48. The lowest BCUT2D eigenvalue weighted by Gasteiger charge is -2.21. The predicted octanol–water partition coefficient (Wildman–Crippen LogP) is 3.48. The first-order chi connectivity index (χ1) is 13.6. The molecule has 0 N–H and O–H groups in total. The molecule has 1 aromatic heterocycles. The van der Waals surface area contributed by atoms with E-state index in [4.69, 9.17) is 9.15 Å². The van der Waals surface area contributed by atoms with Crippen molar-refractivity contribution in [1.82, 2.24) is 9.88 Å². The van der Waals surface area contributed by atoms with E-state index in [0.717, 1.165) is 19.3 Å². The summed E-state index contributed by atoms with van der Waals surface area (Å²) >= 11 is 0. The molecule has 0 aliphatic heterocycles. The third kappa shape index (κ3) is 6.20. The van der Waals surface area contributed by atoms with Gasteiger partial charge in [0.25, 0.3) is 5.91 Å². The van der Waals surface area contributed by atoms with Crippen molar-refractivity contribution < 1.29 is 23.5 Å². The van der Waals surface area contributed by atoms with Crippen LogP contribution in [0.4, 0.5) is 0 Å². The van der Waals surface area contributed by atoms with Gasteiger partial charge in [-0.2, -0.15) is 0 Å². The SMILES string of the molecule is CCCCc1ccc(C(=O)N(CCCOC)Cc2nc(C(=O)OC)co2)cc1. The maximum Gasteiger partial charge on any atom is 0.360 e. The maximum atomic E-state index is 13.0. The average Bonchev–Trinajstić information content (AvgIpc) is 3.19. The van der Waals surface area contributed by atoms with Crippen molar-refractivity contribution in [3.8, 4) is 0 Å². The fourth-order valence-electron chi connectivity index (χ4n) is 2.77. The summed E-state index contributed by atoms with van der Waals surface area (Å²) in [5.74, 6) is -0.406. The van der Waals surface area contributed by atoms with Crippen molar-refractivity contribution in [2.75, 3.05) is 27.4 Å². The number of nitrogens with zero attached hydrogens (tertiary/aromatic N) is 2. The van der Waals surface area contributed by atoms with Crippen LogP contribution in [0.1, 0.15) is 58.5 Å². The molecule has 2 rings (SSSR count). The molecular weight excluding hydrogens is 360 g/mol. The second-order valence-electron chi connectivity index (χ2n) is 6.49. The van der Waals surface area contributed by atoms with E-state index in [1.165, 1.54) is 18.9 Å². The molecule has 0 unspecified atom stereocenters. The van der Waals surface area contributed by atoms with Gasteiger partial charge in [0, 0.05) is 25.8 Å². The summed E-state index contributed by atoms with van der Waals surface area (Å²) in [5.41, 5.74) is 1.92. The molecule has 28 heavy (non-hydrogen) atoms. The Morgan fingerprint density at radius 2 is 1.89 bits per heavy atom. The van der Waals surface area contributed by atoms with Crippen molar-refractivity contribution in [2.24, 2.45) is 0 Å². The van der Waals surface area contributed by atoms with Crippen LogP contribution >= 0.6 is 0 Å². The van der Waals surface area contributed by atoms with E-state index in [2.05, 4.69) is 16.6 Å². The lowest BCUT2D eigenvalue weighted by molar-refractivity contribution is 0.0594. The monoisotopic (exact) mass is 388 g/mol. The Labute approximate surface area is 165 Å². The number of carbonyl (C=O) groups excluding carboxylic acids is 2. The molecule has 152 valence electrons. The van der Waals surface area contributed by atoms with Gasteiger partial charge in [-0.1, -0.05) is 25.5 Å². The number of benzene rings is 1. The van der Waals surface area contributed by atoms with E-state index >= 15 is 0 Å². The van der Waals surface area contributed by atoms with Gasteiger partial charge in [0.1, 0.15) is 6.26 Å². The number of rotatable bonds is 11. The van der Waals surface area contributed by atoms with Gasteiger partial charge in [0.15, 0.2) is 5.69 Å². The van der Waals surface area contributed by atoms with Crippen molar-refractivity contribution in [3.63, 3.8) is 0 Å². The van der Waals surface area contributed by atoms with Gasteiger partial charge in [-0.3, -0.25) is 4.79 Å². The highest BCUT2D eigenvalue weighted by Crippen LogP contribution is 2.14. The van der Waals surface area contributed by atoms with E-state index in [1.807, 2.05) is 24.3 Å². The van der Waals surface area contributed by atoms with Gasteiger partial charge in [-0.05, 0) is 37.0 Å². The molecule has 0 aliphatic carbocycles. The van der Waals surface area contributed by atoms with E-state index in [9.17, 15) is 9.59 Å². The summed E-state index contributed by atoms with van der Waals surface area (Å²) in [6, 6.07) is 7.70. The molecule has 0 atom stereocenters. The number of aryl methyl sites for hydroxylation is 1. The number of hydrogen-bond acceptors (Lipinski definition) is 6. The topological polar surface area (TPSA) is 81.9 Å². The molecule has 0 radical (unpaired) electrons. The number of unbranched alkanes of at least 4 members (excludes halogenated alkanes) is 1. The van der Waals surface area contributed by atoms with E-state index in [0.29, 0.717) is 25.1 Å². The molecule has 1 aromatic carbocycles. The highest BCUT2D eigenvalue weighted by atomic mass is 16.5. The van der Waals surface area contributed by atoms with Gasteiger partial charge >= 0.3 is 5.97 Å². The molecule has 0 aliphatic rings.